The van der Waals surface area contributed by atoms with E-state index in [4.69, 9.17) is 0 Å². The van der Waals surface area contributed by atoms with Crippen LogP contribution in [0.1, 0.15) is 60.8 Å². The molecule has 150 valence electrons. The number of nitrogens with one attached hydrogen (secondary N) is 1. The predicted octanol–water partition coefficient (Wildman–Crippen LogP) is 2.81. The van der Waals surface area contributed by atoms with Crippen LogP contribution in [-0.2, 0) is 24.3 Å². The van der Waals surface area contributed by atoms with Gasteiger partial charge in [0.2, 0.25) is 5.91 Å². The molecule has 0 radical (unpaired) electrons. The molecule has 1 fully saturated rings. The van der Waals surface area contributed by atoms with E-state index in [0.29, 0.717) is 19.0 Å². The van der Waals surface area contributed by atoms with Crippen LogP contribution < -0.4 is 5.32 Å². The Bertz CT molecular complexity index is 815. The van der Waals surface area contributed by atoms with Crippen LogP contribution >= 0.6 is 0 Å². The van der Waals surface area contributed by atoms with Gasteiger partial charge in [0, 0.05) is 32.0 Å². The molecule has 1 N–H and O–H groups in total. The van der Waals surface area contributed by atoms with E-state index >= 15 is 0 Å². The molecule has 2 aromatic rings. The van der Waals surface area contributed by atoms with E-state index in [1.54, 1.807) is 0 Å². The number of carbonyl (C=O) groups is 1. The number of aromatic nitrogens is 3. The fraction of sp³-hybridized carbons (Fsp3) is 0.591. The maximum absolute atomic E-state index is 12.5. The smallest absolute Gasteiger partial charge is 0.234 e. The molecule has 3 heterocycles. The molecule has 0 spiro atoms. The van der Waals surface area contributed by atoms with Gasteiger partial charge in [-0.2, -0.15) is 0 Å². The second-order valence-corrected chi connectivity index (χ2v) is 8.21. The molecule has 1 aromatic carbocycles. The fourth-order valence-corrected chi connectivity index (χ4v) is 4.48. The average Bonchev–Trinajstić information content (AvgIpc) is 2.96. The predicted molar refractivity (Wildman–Crippen MR) is 109 cm³/mol. The van der Waals surface area contributed by atoms with Crippen LogP contribution in [0.15, 0.2) is 24.3 Å². The topological polar surface area (TPSA) is 63.1 Å². The third-order valence-corrected chi connectivity index (χ3v) is 6.11. The second-order valence-electron chi connectivity index (χ2n) is 8.21. The lowest BCUT2D eigenvalue weighted by molar-refractivity contribution is -0.122. The van der Waals surface area contributed by atoms with E-state index in [0.717, 1.165) is 50.5 Å². The van der Waals surface area contributed by atoms with Crippen molar-refractivity contribution < 1.29 is 4.79 Å². The Morgan fingerprint density at radius 3 is 2.93 bits per heavy atom. The molecule has 1 aromatic heterocycles. The van der Waals surface area contributed by atoms with Crippen molar-refractivity contribution in [2.24, 2.45) is 0 Å². The lowest BCUT2D eigenvalue weighted by atomic mass is 9.97. The summed E-state index contributed by atoms with van der Waals surface area (Å²) in [4.78, 5) is 14.8. The van der Waals surface area contributed by atoms with Crippen molar-refractivity contribution in [1.82, 2.24) is 25.0 Å². The zero-order chi connectivity index (χ0) is 19.3. The number of piperidine rings is 1. The molecule has 0 aliphatic carbocycles. The molecule has 1 amide bonds. The van der Waals surface area contributed by atoms with Crippen molar-refractivity contribution >= 4 is 5.91 Å². The Morgan fingerprint density at radius 1 is 1.14 bits per heavy atom. The minimum absolute atomic E-state index is 0.101. The van der Waals surface area contributed by atoms with Crippen molar-refractivity contribution in [2.45, 2.75) is 64.5 Å². The highest BCUT2D eigenvalue weighted by atomic mass is 16.2. The summed E-state index contributed by atoms with van der Waals surface area (Å²) < 4.78 is 2.36. The van der Waals surface area contributed by atoms with Gasteiger partial charge in [-0.05, 0) is 50.3 Å². The molecule has 6 nitrogen and oxygen atoms in total. The number of hydrogen-bond donors (Lipinski definition) is 1. The molecule has 2 aliphatic rings. The van der Waals surface area contributed by atoms with Gasteiger partial charge in [0.15, 0.2) is 0 Å². The third kappa shape index (κ3) is 4.43. The molecular formula is C22H31N5O. The van der Waals surface area contributed by atoms with E-state index in [9.17, 15) is 4.79 Å². The Kier molecular flexibility index (Phi) is 6.05. The Labute approximate surface area is 167 Å². The van der Waals surface area contributed by atoms with Gasteiger partial charge >= 0.3 is 0 Å². The highest BCUT2D eigenvalue weighted by molar-refractivity contribution is 5.78. The molecule has 0 bridgehead atoms. The summed E-state index contributed by atoms with van der Waals surface area (Å²) in [6, 6.07) is 8.20. The monoisotopic (exact) mass is 381 g/mol. The van der Waals surface area contributed by atoms with Crippen LogP contribution in [0.2, 0.25) is 0 Å². The maximum Gasteiger partial charge on any atom is 0.234 e. The summed E-state index contributed by atoms with van der Waals surface area (Å²) in [7, 11) is 0. The summed E-state index contributed by atoms with van der Waals surface area (Å²) in [6.45, 7) is 6.07. The second kappa shape index (κ2) is 8.86. The van der Waals surface area contributed by atoms with Crippen LogP contribution in [0.5, 0.6) is 0 Å². The van der Waals surface area contributed by atoms with Crippen molar-refractivity contribution in [3.05, 3.63) is 47.0 Å². The van der Waals surface area contributed by atoms with Crippen LogP contribution in [0, 0.1) is 6.92 Å². The first kappa shape index (κ1) is 19.1. The largest absolute Gasteiger partial charge is 0.351 e. The van der Waals surface area contributed by atoms with Gasteiger partial charge in [0.25, 0.3) is 0 Å². The van der Waals surface area contributed by atoms with Crippen molar-refractivity contribution in [3.63, 3.8) is 0 Å². The van der Waals surface area contributed by atoms with E-state index in [-0.39, 0.29) is 5.91 Å². The van der Waals surface area contributed by atoms with Gasteiger partial charge in [-0.1, -0.05) is 30.7 Å². The van der Waals surface area contributed by atoms with Crippen molar-refractivity contribution in [1.29, 1.82) is 0 Å². The van der Waals surface area contributed by atoms with Crippen LogP contribution in [0.25, 0.3) is 0 Å². The maximum atomic E-state index is 12.5. The van der Waals surface area contributed by atoms with Crippen LogP contribution in [-0.4, -0.2) is 45.2 Å². The quantitative estimate of drug-likeness (QED) is 0.865. The number of nitrogens with zero attached hydrogens (tertiary/aromatic N) is 4. The molecule has 4 rings (SSSR count). The van der Waals surface area contributed by atoms with Gasteiger partial charge in [0.05, 0.1) is 6.54 Å². The minimum atomic E-state index is 0.101. The van der Waals surface area contributed by atoms with Gasteiger partial charge in [-0.15, -0.1) is 10.2 Å². The number of likely N-dealkylation sites (tertiary alicyclic amines) is 1. The normalized spacial score (nSPS) is 20.4. The Morgan fingerprint density at radius 2 is 2.04 bits per heavy atom. The van der Waals surface area contributed by atoms with Crippen LogP contribution in [0.4, 0.5) is 0 Å². The summed E-state index contributed by atoms with van der Waals surface area (Å²) >= 11 is 0. The number of benzene rings is 1. The molecule has 1 saturated heterocycles. The first-order valence-electron chi connectivity index (χ1n) is 10.7. The van der Waals surface area contributed by atoms with Gasteiger partial charge in [-0.25, -0.2) is 0 Å². The van der Waals surface area contributed by atoms with E-state index < -0.39 is 0 Å². The number of fused-ring (bicyclic) bond motifs is 1. The van der Waals surface area contributed by atoms with Gasteiger partial charge in [0.1, 0.15) is 11.6 Å². The summed E-state index contributed by atoms with van der Waals surface area (Å²) in [5.41, 5.74) is 2.40. The van der Waals surface area contributed by atoms with Gasteiger partial charge in [-0.3, -0.25) is 9.69 Å². The first-order valence-corrected chi connectivity index (χ1v) is 10.7. The highest BCUT2D eigenvalue weighted by Gasteiger charge is 2.28. The van der Waals surface area contributed by atoms with E-state index in [1.807, 2.05) is 12.1 Å². The third-order valence-electron chi connectivity index (χ3n) is 6.11. The minimum Gasteiger partial charge on any atom is -0.351 e. The average molecular weight is 382 g/mol. The van der Waals surface area contributed by atoms with Crippen molar-refractivity contribution in [3.8, 4) is 0 Å². The number of hydrogen-bond acceptors (Lipinski definition) is 4. The summed E-state index contributed by atoms with van der Waals surface area (Å²) in [6.07, 6.45) is 7.01. The first-order chi connectivity index (χ1) is 13.7. The zero-order valence-corrected chi connectivity index (χ0v) is 16.9. The van der Waals surface area contributed by atoms with Gasteiger partial charge < -0.3 is 9.88 Å². The summed E-state index contributed by atoms with van der Waals surface area (Å²) in [5, 5.41) is 12.1. The van der Waals surface area contributed by atoms with E-state index in [1.165, 1.54) is 30.4 Å². The van der Waals surface area contributed by atoms with E-state index in [2.05, 4.69) is 44.0 Å². The molecule has 6 heteroatoms. The standard InChI is InChI=1S/C22H31N5O/c1-17-8-4-5-9-18(17)14-23-21(28)16-26-12-7-10-19(15-26)22-25-24-20-11-3-2-6-13-27(20)22/h4-5,8-9,19H,2-3,6-7,10-16H2,1H3,(H,23,28). The van der Waals surface area contributed by atoms with Crippen LogP contribution in [0.3, 0.4) is 0 Å². The summed E-state index contributed by atoms with van der Waals surface area (Å²) in [5.74, 6) is 2.78. The van der Waals surface area contributed by atoms with Crippen molar-refractivity contribution in [2.75, 3.05) is 19.6 Å². The SMILES string of the molecule is Cc1ccccc1CNC(=O)CN1CCCC(c2nnc3n2CCCCC3)C1. The number of carbonyl (C=O) groups excluding carboxylic acids is 1. The molecule has 28 heavy (non-hydrogen) atoms. The number of rotatable bonds is 5. The fourth-order valence-electron chi connectivity index (χ4n) is 4.48. The molecule has 1 atom stereocenters. The molecule has 0 saturated carbocycles. The molecular weight excluding hydrogens is 350 g/mol. The zero-order valence-electron chi connectivity index (χ0n) is 16.9. The lowest BCUT2D eigenvalue weighted by Crippen LogP contribution is -2.42. The Balaban J connectivity index is 1.33. The Hall–Kier alpha value is -2.21. The lowest BCUT2D eigenvalue weighted by Gasteiger charge is -2.32. The molecule has 1 unspecified atom stereocenters. The number of aryl methyl sites for hydroxylation is 2. The molecule has 2 aliphatic heterocycles. The number of amides is 1. The highest BCUT2D eigenvalue weighted by Crippen LogP contribution is 2.27.